The number of aliphatic imine (C=N–C) groups is 1. The topological polar surface area (TPSA) is 72.1 Å². The molecule has 0 radical (unpaired) electrons. The number of nitrogens with zero attached hydrogens (tertiary/aromatic N) is 2. The maximum absolute atomic E-state index is 13.5. The first-order valence-corrected chi connectivity index (χ1v) is 14.1. The molecule has 0 unspecified atom stereocenters. The van der Waals surface area contributed by atoms with Crippen molar-refractivity contribution in [3.63, 3.8) is 0 Å². The highest BCUT2D eigenvalue weighted by molar-refractivity contribution is 8.18. The van der Waals surface area contributed by atoms with Gasteiger partial charge in [0.25, 0.3) is 5.91 Å². The zero-order valence-electron chi connectivity index (χ0n) is 22.3. The molecule has 0 spiro atoms. The summed E-state index contributed by atoms with van der Waals surface area (Å²) in [6.45, 7) is 3.40. The second-order valence-corrected chi connectivity index (χ2v) is 10.3. The van der Waals surface area contributed by atoms with Gasteiger partial charge in [-0.05, 0) is 53.6 Å². The van der Waals surface area contributed by atoms with Crippen molar-refractivity contribution in [2.75, 3.05) is 6.61 Å². The zero-order valence-corrected chi connectivity index (χ0v) is 23.1. The maximum Gasteiger partial charge on any atom is 0.338 e. The number of carbonyl (C=O) groups excluding carboxylic acids is 2. The van der Waals surface area contributed by atoms with Crippen LogP contribution in [0.3, 0.4) is 0 Å². The summed E-state index contributed by atoms with van der Waals surface area (Å²) in [4.78, 5) is 32.7. The second kappa shape index (κ2) is 13.1. The lowest BCUT2D eigenvalue weighted by Gasteiger charge is -2.15. The number of hydrogen-bond donors (Lipinski definition) is 0. The molecule has 202 valence electrons. The molecular weight excluding hydrogens is 520 g/mol. The lowest BCUT2D eigenvalue weighted by atomic mass is 10.1. The Balaban J connectivity index is 1.33. The Morgan fingerprint density at radius 2 is 1.62 bits per heavy atom. The van der Waals surface area contributed by atoms with E-state index in [1.807, 2.05) is 84.9 Å². The van der Waals surface area contributed by atoms with Gasteiger partial charge in [0, 0.05) is 11.6 Å². The first-order valence-electron chi connectivity index (χ1n) is 13.3. The lowest BCUT2D eigenvalue weighted by molar-refractivity contribution is -0.122. The summed E-state index contributed by atoms with van der Waals surface area (Å²) in [6, 6.07) is 30.7. The Morgan fingerprint density at radius 3 is 2.33 bits per heavy atom. The van der Waals surface area contributed by atoms with Crippen LogP contribution < -0.4 is 0 Å². The van der Waals surface area contributed by atoms with Gasteiger partial charge in [-0.2, -0.15) is 0 Å². The Morgan fingerprint density at radius 1 is 0.925 bits per heavy atom. The number of amidine groups is 1. The minimum atomic E-state index is -0.327. The van der Waals surface area contributed by atoms with E-state index in [1.54, 1.807) is 23.1 Å². The number of benzene rings is 3. The van der Waals surface area contributed by atoms with Gasteiger partial charge in [-0.15, -0.1) is 0 Å². The number of rotatable bonds is 10. The molecule has 5 rings (SSSR count). The first kappa shape index (κ1) is 27.2. The Bertz CT molecular complexity index is 1510. The van der Waals surface area contributed by atoms with Gasteiger partial charge in [-0.3, -0.25) is 14.7 Å². The lowest BCUT2D eigenvalue weighted by Crippen LogP contribution is -2.28. The summed E-state index contributed by atoms with van der Waals surface area (Å²) in [5, 5.41) is 0.664. The zero-order chi connectivity index (χ0) is 27.7. The number of carbonyl (C=O) groups is 2. The summed E-state index contributed by atoms with van der Waals surface area (Å²) in [6.07, 6.45) is 3.58. The number of hydrogen-bond acceptors (Lipinski definition) is 6. The van der Waals surface area contributed by atoms with E-state index in [9.17, 15) is 9.59 Å². The molecule has 0 saturated carbocycles. The van der Waals surface area contributed by atoms with Gasteiger partial charge in [0.1, 0.15) is 11.5 Å². The average molecular weight is 551 g/mol. The van der Waals surface area contributed by atoms with Crippen LogP contribution in [0.5, 0.6) is 0 Å². The van der Waals surface area contributed by atoms with Gasteiger partial charge in [0.15, 0.2) is 5.17 Å². The molecule has 0 atom stereocenters. The average Bonchev–Trinajstić information content (AvgIpc) is 3.58. The van der Waals surface area contributed by atoms with Crippen LogP contribution in [0, 0.1) is 0 Å². The van der Waals surface area contributed by atoms with Crippen LogP contribution >= 0.6 is 11.8 Å². The predicted molar refractivity (Wildman–Crippen MR) is 159 cm³/mol. The number of unbranched alkanes of at least 4 members (excludes halogenated alkanes) is 1. The van der Waals surface area contributed by atoms with Crippen LogP contribution in [0.4, 0.5) is 0 Å². The molecule has 4 aromatic rings. The SMILES string of the molecule is CCCCOC(=O)c1ccc(-c2ccc(/C=C3\SC(=NCc4ccccc4)N(Cc4ccccc4)C3=O)o2)cc1. The number of ether oxygens (including phenoxy) is 1. The van der Waals surface area contributed by atoms with E-state index in [2.05, 4.69) is 6.92 Å². The highest BCUT2D eigenvalue weighted by Crippen LogP contribution is 2.35. The van der Waals surface area contributed by atoms with E-state index in [-0.39, 0.29) is 11.9 Å². The Labute approximate surface area is 238 Å². The molecular formula is C33H30N2O4S. The molecule has 1 aliphatic rings. The molecule has 2 heterocycles. The molecule has 1 aromatic heterocycles. The van der Waals surface area contributed by atoms with Crippen LogP contribution in [-0.4, -0.2) is 28.6 Å². The van der Waals surface area contributed by atoms with Gasteiger partial charge in [0.2, 0.25) is 0 Å². The third kappa shape index (κ3) is 6.79. The number of furan rings is 1. The summed E-state index contributed by atoms with van der Waals surface area (Å²) < 4.78 is 11.3. The van der Waals surface area contributed by atoms with E-state index in [1.165, 1.54) is 11.8 Å². The smallest absolute Gasteiger partial charge is 0.338 e. The van der Waals surface area contributed by atoms with Gasteiger partial charge < -0.3 is 9.15 Å². The van der Waals surface area contributed by atoms with Crippen LogP contribution in [0.1, 0.15) is 47.0 Å². The quantitative estimate of drug-likeness (QED) is 0.116. The summed E-state index contributed by atoms with van der Waals surface area (Å²) in [7, 11) is 0. The van der Waals surface area contributed by atoms with Gasteiger partial charge in [-0.1, -0.05) is 86.1 Å². The molecule has 7 heteroatoms. The van der Waals surface area contributed by atoms with Crippen LogP contribution in [-0.2, 0) is 22.6 Å². The highest BCUT2D eigenvalue weighted by atomic mass is 32.2. The second-order valence-electron chi connectivity index (χ2n) is 9.34. The molecule has 6 nitrogen and oxygen atoms in total. The fourth-order valence-corrected chi connectivity index (χ4v) is 5.11. The third-order valence-corrected chi connectivity index (χ3v) is 7.39. The van der Waals surface area contributed by atoms with Crippen molar-refractivity contribution in [3.8, 4) is 11.3 Å². The number of thioether (sulfide) groups is 1. The van der Waals surface area contributed by atoms with Crippen LogP contribution in [0.2, 0.25) is 0 Å². The minimum absolute atomic E-state index is 0.107. The van der Waals surface area contributed by atoms with Crippen LogP contribution in [0.25, 0.3) is 17.4 Å². The molecule has 3 aromatic carbocycles. The van der Waals surface area contributed by atoms with Crippen molar-refractivity contribution in [2.45, 2.75) is 32.9 Å². The summed E-state index contributed by atoms with van der Waals surface area (Å²) in [5.41, 5.74) is 3.44. The van der Waals surface area contributed by atoms with E-state index in [0.29, 0.717) is 46.9 Å². The molecule has 1 saturated heterocycles. The molecule has 0 bridgehead atoms. The largest absolute Gasteiger partial charge is 0.462 e. The molecule has 1 aliphatic heterocycles. The molecule has 40 heavy (non-hydrogen) atoms. The minimum Gasteiger partial charge on any atom is -0.462 e. The van der Waals surface area contributed by atoms with E-state index < -0.39 is 0 Å². The molecule has 1 fully saturated rings. The van der Waals surface area contributed by atoms with Crippen LogP contribution in [0.15, 0.2) is 111 Å². The molecule has 0 aliphatic carbocycles. The normalized spacial score (nSPS) is 15.2. The highest BCUT2D eigenvalue weighted by Gasteiger charge is 2.33. The van der Waals surface area contributed by atoms with Crippen molar-refractivity contribution in [3.05, 3.63) is 124 Å². The van der Waals surface area contributed by atoms with Gasteiger partial charge >= 0.3 is 5.97 Å². The van der Waals surface area contributed by atoms with Crippen molar-refractivity contribution in [1.82, 2.24) is 4.90 Å². The van der Waals surface area contributed by atoms with Gasteiger partial charge in [0.05, 0.1) is 30.2 Å². The fourth-order valence-electron chi connectivity index (χ4n) is 4.15. The Kier molecular flexibility index (Phi) is 8.93. The number of esters is 1. The maximum atomic E-state index is 13.5. The first-order chi connectivity index (χ1) is 19.6. The molecule has 0 N–H and O–H groups in total. The van der Waals surface area contributed by atoms with E-state index in [4.69, 9.17) is 14.1 Å². The fraction of sp³-hybridized carbons (Fsp3) is 0.182. The van der Waals surface area contributed by atoms with E-state index >= 15 is 0 Å². The predicted octanol–water partition coefficient (Wildman–Crippen LogP) is 7.58. The van der Waals surface area contributed by atoms with Crippen molar-refractivity contribution >= 4 is 34.9 Å². The van der Waals surface area contributed by atoms with Gasteiger partial charge in [-0.25, -0.2) is 4.79 Å². The number of amides is 1. The summed E-state index contributed by atoms with van der Waals surface area (Å²) in [5.74, 6) is 0.779. The molecule has 1 amide bonds. The standard InChI is InChI=1S/C33H30N2O4S/c1-2-3-20-38-32(37)27-16-14-26(15-17-27)29-19-18-28(39-29)21-30-31(36)35(23-25-12-8-5-9-13-25)33(40-30)34-22-24-10-6-4-7-11-24/h4-19,21H,2-3,20,22-23H2,1H3/b30-21-,34-33?. The third-order valence-electron chi connectivity index (χ3n) is 6.35. The van der Waals surface area contributed by atoms with Crippen molar-refractivity contribution in [1.29, 1.82) is 0 Å². The van der Waals surface area contributed by atoms with Crippen molar-refractivity contribution < 1.29 is 18.7 Å². The van der Waals surface area contributed by atoms with E-state index in [0.717, 1.165) is 29.5 Å². The Hall–Kier alpha value is -4.36. The summed E-state index contributed by atoms with van der Waals surface area (Å²) >= 11 is 1.35. The van der Waals surface area contributed by atoms with Crippen molar-refractivity contribution in [2.24, 2.45) is 4.99 Å². The monoisotopic (exact) mass is 550 g/mol.